The van der Waals surface area contributed by atoms with E-state index < -0.39 is 19.1 Å². The van der Waals surface area contributed by atoms with Gasteiger partial charge in [0, 0.05) is 17.3 Å². The number of nitrogens with two attached hydrogens (primary N) is 1. The summed E-state index contributed by atoms with van der Waals surface area (Å²) < 4.78 is 17.8. The number of quaternary nitrogens is 1. The van der Waals surface area contributed by atoms with Crippen LogP contribution in [0.15, 0.2) is 60.7 Å². The highest BCUT2D eigenvalue weighted by Crippen LogP contribution is 2.52. The van der Waals surface area contributed by atoms with Crippen LogP contribution in [0.1, 0.15) is 30.3 Å². The van der Waals surface area contributed by atoms with E-state index in [9.17, 15) is 14.3 Å². The van der Waals surface area contributed by atoms with Gasteiger partial charge in [-0.2, -0.15) is 0 Å². The van der Waals surface area contributed by atoms with E-state index in [0.29, 0.717) is 6.54 Å². The Kier molecular flexibility index (Phi) is 7.38. The van der Waals surface area contributed by atoms with Gasteiger partial charge in [-0.25, -0.2) is 0 Å². The zero-order valence-electron chi connectivity index (χ0n) is 14.4. The summed E-state index contributed by atoms with van der Waals surface area (Å²) in [6, 6.07) is 19.1. The molecule has 134 valence electrons. The molecule has 0 spiro atoms. The van der Waals surface area contributed by atoms with E-state index in [1.165, 1.54) is 0 Å². The fourth-order valence-electron chi connectivity index (χ4n) is 2.67. The largest absolute Gasteiger partial charge is 0.466 e. The molecule has 2 atom stereocenters. The van der Waals surface area contributed by atoms with Crippen molar-refractivity contribution in [2.24, 2.45) is 0 Å². The van der Waals surface area contributed by atoms with Crippen LogP contribution in [-0.2, 0) is 20.6 Å². The molecule has 0 aliphatic carbocycles. The molecule has 0 aromatic heterocycles. The normalized spacial score (nSPS) is 14.5. The van der Waals surface area contributed by atoms with Gasteiger partial charge in [-0.1, -0.05) is 60.7 Å². The molecule has 2 rings (SSSR count). The minimum Gasteiger partial charge on any atom is -0.466 e. The number of benzene rings is 2. The molecule has 0 fully saturated rings. The maximum absolute atomic E-state index is 13.0. The number of ether oxygens (including phenoxy) is 1. The Bertz CT molecular complexity index is 706. The van der Waals surface area contributed by atoms with Crippen LogP contribution in [0.2, 0.25) is 0 Å². The van der Waals surface area contributed by atoms with Crippen LogP contribution in [-0.4, -0.2) is 23.6 Å². The van der Waals surface area contributed by atoms with Gasteiger partial charge in [-0.05, 0) is 6.92 Å². The molecular weight excluding hydrogens is 337 g/mol. The molecule has 25 heavy (non-hydrogen) atoms. The Morgan fingerprint density at radius 1 is 1.12 bits per heavy atom. The average molecular weight is 362 g/mol. The van der Waals surface area contributed by atoms with Gasteiger partial charge in [0.1, 0.15) is 6.54 Å². The van der Waals surface area contributed by atoms with Crippen molar-refractivity contribution in [3.05, 3.63) is 71.8 Å². The molecule has 6 heteroatoms. The quantitative estimate of drug-likeness (QED) is 0.531. The van der Waals surface area contributed by atoms with Gasteiger partial charge in [0.25, 0.3) is 7.37 Å². The second-order valence-corrected chi connectivity index (χ2v) is 8.33. The zero-order valence-corrected chi connectivity index (χ0v) is 15.3. The molecule has 3 N–H and O–H groups in total. The topological polar surface area (TPSA) is 80.2 Å². The first-order valence-corrected chi connectivity index (χ1v) is 10.3. The van der Waals surface area contributed by atoms with Gasteiger partial charge in [0.15, 0.2) is 5.78 Å². The van der Waals surface area contributed by atoms with E-state index in [-0.39, 0.29) is 19.2 Å². The first-order chi connectivity index (χ1) is 12.0. The summed E-state index contributed by atoms with van der Waals surface area (Å²) in [6.45, 7) is 2.58. The van der Waals surface area contributed by atoms with Crippen LogP contribution in [0.25, 0.3) is 0 Å². The van der Waals surface area contributed by atoms with Crippen molar-refractivity contribution in [2.45, 2.75) is 25.7 Å². The summed E-state index contributed by atoms with van der Waals surface area (Å²) in [6.07, 6.45) is -0.138. The van der Waals surface area contributed by atoms with E-state index in [2.05, 4.69) is 0 Å². The predicted molar refractivity (Wildman–Crippen MR) is 97.2 cm³/mol. The number of carbonyl (C=O) groups excluding carboxylic acids is 1. The molecule has 0 bridgehead atoms. The minimum absolute atomic E-state index is 0.0515. The molecule has 5 nitrogen and oxygen atoms in total. The van der Waals surface area contributed by atoms with Crippen LogP contribution < -0.4 is 5.32 Å². The molecule has 0 saturated carbocycles. The summed E-state index contributed by atoms with van der Waals surface area (Å²) in [5.41, 5.74) is 1.86. The van der Waals surface area contributed by atoms with E-state index >= 15 is 0 Å². The number of hydrogen-bond acceptors (Lipinski definition) is 3. The molecule has 0 aliphatic heterocycles. The Balaban J connectivity index is 2.13. The van der Waals surface area contributed by atoms with Crippen molar-refractivity contribution in [3.63, 3.8) is 0 Å². The van der Waals surface area contributed by atoms with Gasteiger partial charge in [-0.15, -0.1) is 0 Å². The van der Waals surface area contributed by atoms with Crippen molar-refractivity contribution in [1.82, 2.24) is 0 Å². The number of carbonyl (C=O) groups is 1. The lowest BCUT2D eigenvalue weighted by atomic mass is 10.2. The van der Waals surface area contributed by atoms with Crippen LogP contribution >= 0.6 is 7.37 Å². The summed E-state index contributed by atoms with van der Waals surface area (Å²) in [4.78, 5) is 22.2. The summed E-state index contributed by atoms with van der Waals surface area (Å²) in [7, 11) is -3.60. The summed E-state index contributed by atoms with van der Waals surface area (Å²) >= 11 is 0. The van der Waals surface area contributed by atoms with Crippen molar-refractivity contribution in [1.29, 1.82) is 0 Å². The van der Waals surface area contributed by atoms with Crippen LogP contribution in [0.3, 0.4) is 0 Å². The SMILES string of the molecule is CCOC(=O)CCP(=O)(O)[C@@H]([NH2+]Cc1ccccc1)c1ccccc1. The van der Waals surface area contributed by atoms with Crippen LogP contribution in [0, 0.1) is 0 Å². The van der Waals surface area contributed by atoms with Gasteiger partial charge < -0.3 is 14.9 Å². The Morgan fingerprint density at radius 2 is 1.72 bits per heavy atom. The monoisotopic (exact) mass is 362 g/mol. The first-order valence-electron chi connectivity index (χ1n) is 8.42. The fourth-order valence-corrected chi connectivity index (χ4v) is 4.52. The molecule has 0 heterocycles. The molecule has 0 amide bonds. The lowest BCUT2D eigenvalue weighted by Gasteiger charge is -2.21. The predicted octanol–water partition coefficient (Wildman–Crippen LogP) is 2.67. The van der Waals surface area contributed by atoms with Crippen LogP contribution in [0.5, 0.6) is 0 Å². The minimum atomic E-state index is -3.60. The average Bonchev–Trinajstić information content (AvgIpc) is 2.62. The maximum Gasteiger partial charge on any atom is 0.306 e. The standard InChI is InChI=1S/C19H24NO4P/c1-2-24-18(21)13-14-25(22,23)19(17-11-7-4-8-12-17)20-15-16-9-5-3-6-10-16/h3-12,19-20H,2,13-15H2,1H3,(H,22,23)/p+1/t19-/m1/s1. The highest BCUT2D eigenvalue weighted by Gasteiger charge is 2.36. The second kappa shape index (κ2) is 9.52. The molecule has 2 aromatic rings. The van der Waals surface area contributed by atoms with Crippen molar-refractivity contribution in [3.8, 4) is 0 Å². The summed E-state index contributed by atoms with van der Waals surface area (Å²) in [5, 5.41) is 1.87. The third-order valence-electron chi connectivity index (χ3n) is 3.94. The molecule has 0 radical (unpaired) electrons. The smallest absolute Gasteiger partial charge is 0.306 e. The van der Waals surface area contributed by atoms with Gasteiger partial charge in [0.2, 0.25) is 0 Å². The fraction of sp³-hybridized carbons (Fsp3) is 0.316. The first kappa shape index (κ1) is 19.4. The van der Waals surface area contributed by atoms with Crippen LogP contribution in [0.4, 0.5) is 0 Å². The third-order valence-corrected chi connectivity index (χ3v) is 6.18. The Labute approximate surface area is 148 Å². The van der Waals surface area contributed by atoms with Gasteiger partial charge in [-0.3, -0.25) is 9.36 Å². The lowest BCUT2D eigenvalue weighted by Crippen LogP contribution is -2.83. The van der Waals surface area contributed by atoms with Crippen molar-refractivity contribution < 1.29 is 24.3 Å². The van der Waals surface area contributed by atoms with E-state index in [1.807, 2.05) is 66.0 Å². The molecule has 2 aromatic carbocycles. The van der Waals surface area contributed by atoms with E-state index in [0.717, 1.165) is 11.1 Å². The van der Waals surface area contributed by atoms with Crippen molar-refractivity contribution in [2.75, 3.05) is 12.8 Å². The number of hydrogen-bond donors (Lipinski definition) is 2. The molecule has 0 aliphatic rings. The Morgan fingerprint density at radius 3 is 2.32 bits per heavy atom. The number of rotatable bonds is 9. The van der Waals surface area contributed by atoms with Gasteiger partial charge in [0.05, 0.1) is 13.0 Å². The lowest BCUT2D eigenvalue weighted by molar-refractivity contribution is -0.692. The zero-order chi connectivity index (χ0) is 18.1. The van der Waals surface area contributed by atoms with E-state index in [4.69, 9.17) is 4.74 Å². The van der Waals surface area contributed by atoms with Gasteiger partial charge >= 0.3 is 5.97 Å². The second-order valence-electron chi connectivity index (χ2n) is 5.82. The maximum atomic E-state index is 13.0. The molecule has 1 unspecified atom stereocenters. The highest BCUT2D eigenvalue weighted by molar-refractivity contribution is 7.58. The van der Waals surface area contributed by atoms with Crippen molar-refractivity contribution >= 4 is 13.3 Å². The molecular formula is C19H25NO4P+. The molecule has 0 saturated heterocycles. The Hall–Kier alpha value is -1.94. The van der Waals surface area contributed by atoms with E-state index in [1.54, 1.807) is 6.92 Å². The number of esters is 1. The summed E-state index contributed by atoms with van der Waals surface area (Å²) in [5.74, 6) is -1.05. The highest BCUT2D eigenvalue weighted by atomic mass is 31.2. The third kappa shape index (κ3) is 6.13.